The molecule has 1 N–H and O–H groups in total. The molecule has 0 aliphatic carbocycles. The van der Waals surface area contributed by atoms with E-state index >= 15 is 0 Å². The van der Waals surface area contributed by atoms with Gasteiger partial charge in [0.05, 0.1) is 5.69 Å². The molecule has 0 saturated heterocycles. The Labute approximate surface area is 151 Å². The van der Waals surface area contributed by atoms with E-state index in [2.05, 4.69) is 0 Å². The van der Waals surface area contributed by atoms with E-state index in [4.69, 9.17) is 0 Å². The van der Waals surface area contributed by atoms with E-state index in [0.29, 0.717) is 11.3 Å². The molecular weight excluding hydrogens is 322 g/mol. The number of carbonyl (C=O) groups is 1. The Balaban J connectivity index is 1.88. The van der Waals surface area contributed by atoms with Crippen LogP contribution in [0.5, 0.6) is 0 Å². The quantitative estimate of drug-likeness (QED) is 0.393. The average molecular weight is 339 g/mol. The van der Waals surface area contributed by atoms with Gasteiger partial charge in [-0.05, 0) is 40.6 Å². The van der Waals surface area contributed by atoms with Gasteiger partial charge in [0.15, 0.2) is 0 Å². The van der Waals surface area contributed by atoms with Crippen LogP contribution in [-0.2, 0) is 0 Å². The van der Waals surface area contributed by atoms with Gasteiger partial charge in [-0.3, -0.25) is 10.0 Å². The second kappa shape index (κ2) is 6.82. The minimum atomic E-state index is -0.460. The molecule has 3 nitrogen and oxygen atoms in total. The van der Waals surface area contributed by atoms with Gasteiger partial charge in [-0.15, -0.1) is 0 Å². The van der Waals surface area contributed by atoms with E-state index in [1.165, 1.54) is 0 Å². The lowest BCUT2D eigenvalue weighted by Crippen LogP contribution is -2.27. The number of hydroxylamine groups is 1. The van der Waals surface area contributed by atoms with Crippen molar-refractivity contribution in [1.29, 1.82) is 0 Å². The highest BCUT2D eigenvalue weighted by atomic mass is 16.5. The van der Waals surface area contributed by atoms with Crippen LogP contribution in [0.3, 0.4) is 0 Å². The van der Waals surface area contributed by atoms with Crippen molar-refractivity contribution in [3.8, 4) is 11.1 Å². The van der Waals surface area contributed by atoms with E-state index in [1.54, 1.807) is 24.3 Å². The number of hydrogen-bond acceptors (Lipinski definition) is 2. The fourth-order valence-corrected chi connectivity index (χ4v) is 3.06. The smallest absolute Gasteiger partial charge is 0.281 e. The molecule has 0 unspecified atom stereocenters. The molecule has 126 valence electrons. The van der Waals surface area contributed by atoms with E-state index < -0.39 is 5.91 Å². The number of nitrogens with zero attached hydrogens (tertiary/aromatic N) is 1. The Hall–Kier alpha value is -3.43. The third-order valence-corrected chi connectivity index (χ3v) is 4.39. The first-order valence-electron chi connectivity index (χ1n) is 8.40. The van der Waals surface area contributed by atoms with E-state index in [9.17, 15) is 10.0 Å². The zero-order chi connectivity index (χ0) is 17.9. The number of carbonyl (C=O) groups excluding carboxylic acids is 1. The summed E-state index contributed by atoms with van der Waals surface area (Å²) in [6.07, 6.45) is 0. The first-order valence-corrected chi connectivity index (χ1v) is 8.40. The number of rotatable bonds is 3. The van der Waals surface area contributed by atoms with Crippen molar-refractivity contribution in [2.45, 2.75) is 0 Å². The molecule has 3 heteroatoms. The fourth-order valence-electron chi connectivity index (χ4n) is 3.06. The molecule has 0 saturated carbocycles. The topological polar surface area (TPSA) is 40.5 Å². The third kappa shape index (κ3) is 2.96. The molecule has 1 amide bonds. The predicted molar refractivity (Wildman–Crippen MR) is 104 cm³/mol. The molecule has 0 spiro atoms. The largest absolute Gasteiger partial charge is 0.282 e. The predicted octanol–water partition coefficient (Wildman–Crippen LogP) is 5.54. The maximum Gasteiger partial charge on any atom is 0.282 e. The highest BCUT2D eigenvalue weighted by Gasteiger charge is 2.20. The first kappa shape index (κ1) is 16.1. The molecule has 4 rings (SSSR count). The van der Waals surface area contributed by atoms with Crippen LogP contribution < -0.4 is 5.06 Å². The van der Waals surface area contributed by atoms with E-state index in [1.807, 2.05) is 72.8 Å². The molecule has 4 aromatic carbocycles. The summed E-state index contributed by atoms with van der Waals surface area (Å²) in [5.41, 5.74) is 2.63. The molecule has 4 aromatic rings. The molecule has 0 aliphatic heterocycles. The van der Waals surface area contributed by atoms with Crippen LogP contribution in [0.4, 0.5) is 5.69 Å². The van der Waals surface area contributed by atoms with Crippen molar-refractivity contribution < 1.29 is 10.0 Å². The molecule has 0 fully saturated rings. The molecule has 0 radical (unpaired) electrons. The summed E-state index contributed by atoms with van der Waals surface area (Å²) >= 11 is 0. The van der Waals surface area contributed by atoms with Crippen LogP contribution in [0, 0.1) is 0 Å². The second-order valence-corrected chi connectivity index (χ2v) is 6.07. The summed E-state index contributed by atoms with van der Waals surface area (Å²) < 4.78 is 0. The van der Waals surface area contributed by atoms with Gasteiger partial charge in [-0.2, -0.15) is 5.06 Å². The van der Waals surface area contributed by atoms with Gasteiger partial charge >= 0.3 is 0 Å². The maximum absolute atomic E-state index is 12.7. The van der Waals surface area contributed by atoms with Crippen LogP contribution in [-0.4, -0.2) is 11.1 Å². The summed E-state index contributed by atoms with van der Waals surface area (Å²) in [7, 11) is 0. The summed E-state index contributed by atoms with van der Waals surface area (Å²) in [5, 5.41) is 13.5. The van der Waals surface area contributed by atoms with Gasteiger partial charge in [0.2, 0.25) is 0 Å². The van der Waals surface area contributed by atoms with Crippen LogP contribution in [0.1, 0.15) is 10.4 Å². The number of benzene rings is 4. The number of fused-ring (bicyclic) bond motifs is 1. The lowest BCUT2D eigenvalue weighted by atomic mass is 9.98. The molecule has 0 bridgehead atoms. The molecule has 0 heterocycles. The minimum absolute atomic E-state index is 0.433. The molecule has 0 aromatic heterocycles. The second-order valence-electron chi connectivity index (χ2n) is 6.07. The Morgan fingerprint density at radius 1 is 0.692 bits per heavy atom. The Morgan fingerprint density at radius 2 is 1.23 bits per heavy atom. The summed E-state index contributed by atoms with van der Waals surface area (Å²) in [6, 6.07) is 30.3. The summed E-state index contributed by atoms with van der Waals surface area (Å²) in [6.45, 7) is 0. The number of amides is 1. The van der Waals surface area contributed by atoms with Crippen molar-refractivity contribution in [2.75, 3.05) is 5.06 Å². The highest BCUT2D eigenvalue weighted by molar-refractivity contribution is 6.08. The molecule has 26 heavy (non-hydrogen) atoms. The lowest BCUT2D eigenvalue weighted by molar-refractivity contribution is 0.0855. The van der Waals surface area contributed by atoms with E-state index in [0.717, 1.165) is 27.0 Å². The molecule has 0 atom stereocenters. The van der Waals surface area contributed by atoms with Crippen LogP contribution >= 0.6 is 0 Å². The van der Waals surface area contributed by atoms with Crippen molar-refractivity contribution in [3.05, 3.63) is 103 Å². The van der Waals surface area contributed by atoms with Gasteiger partial charge in [0.1, 0.15) is 0 Å². The van der Waals surface area contributed by atoms with Gasteiger partial charge in [-0.1, -0.05) is 72.8 Å². The summed E-state index contributed by atoms with van der Waals surface area (Å²) in [5.74, 6) is -0.460. The van der Waals surface area contributed by atoms with Crippen LogP contribution in [0.25, 0.3) is 21.9 Å². The van der Waals surface area contributed by atoms with E-state index in [-0.39, 0.29) is 0 Å². The number of hydrogen-bond donors (Lipinski definition) is 1. The van der Waals surface area contributed by atoms with Crippen LogP contribution in [0.2, 0.25) is 0 Å². The van der Waals surface area contributed by atoms with Crippen LogP contribution in [0.15, 0.2) is 97.1 Å². The summed E-state index contributed by atoms with van der Waals surface area (Å²) in [4.78, 5) is 12.7. The van der Waals surface area contributed by atoms with Crippen molar-refractivity contribution in [3.63, 3.8) is 0 Å². The van der Waals surface area contributed by atoms with Crippen molar-refractivity contribution in [1.82, 2.24) is 0 Å². The zero-order valence-electron chi connectivity index (χ0n) is 14.0. The molecule has 0 aliphatic rings. The Bertz CT molecular complexity index is 1060. The Morgan fingerprint density at radius 3 is 1.88 bits per heavy atom. The number of anilines is 1. The van der Waals surface area contributed by atoms with Crippen molar-refractivity contribution >= 4 is 22.4 Å². The first-order chi connectivity index (χ1) is 12.7. The Kier molecular flexibility index (Phi) is 4.22. The van der Waals surface area contributed by atoms with Crippen molar-refractivity contribution in [2.24, 2.45) is 0 Å². The standard InChI is InChI=1S/C23H17NO2/c25-23(18-11-5-2-6-12-18)24(26)22-16-20-14-8-7-13-19(20)15-21(22)17-9-3-1-4-10-17/h1-16,26H. The monoisotopic (exact) mass is 339 g/mol. The average Bonchev–Trinajstić information content (AvgIpc) is 2.73. The van der Waals surface area contributed by atoms with Gasteiger partial charge in [-0.25, -0.2) is 0 Å². The minimum Gasteiger partial charge on any atom is -0.281 e. The van der Waals surface area contributed by atoms with Gasteiger partial charge < -0.3 is 0 Å². The third-order valence-electron chi connectivity index (χ3n) is 4.39. The highest BCUT2D eigenvalue weighted by Crippen LogP contribution is 2.35. The zero-order valence-corrected chi connectivity index (χ0v) is 14.0. The molecular formula is C23H17NO2. The lowest BCUT2D eigenvalue weighted by Gasteiger charge is -2.20. The van der Waals surface area contributed by atoms with Gasteiger partial charge in [0, 0.05) is 11.1 Å². The normalized spacial score (nSPS) is 10.7. The SMILES string of the molecule is O=C(c1ccccc1)N(O)c1cc2ccccc2cc1-c1ccccc1. The van der Waals surface area contributed by atoms with Gasteiger partial charge in [0.25, 0.3) is 5.91 Å². The maximum atomic E-state index is 12.7. The fraction of sp³-hybridized carbons (Fsp3) is 0.